The van der Waals surface area contributed by atoms with Crippen LogP contribution in [-0.2, 0) is 14.3 Å². The molecule has 9 nitrogen and oxygen atoms in total. The maximum atomic E-state index is 11.6. The van der Waals surface area contributed by atoms with Crippen molar-refractivity contribution in [3.63, 3.8) is 0 Å². The normalized spacial score (nSPS) is 11.7. The number of benzene rings is 1. The Hall–Kier alpha value is -2.81. The minimum atomic E-state index is -0.661. The molecule has 0 bridgehead atoms. The Morgan fingerprint density at radius 2 is 2.04 bits per heavy atom. The van der Waals surface area contributed by atoms with Crippen LogP contribution in [0.4, 0.5) is 5.69 Å². The number of hydrogen-bond acceptors (Lipinski definition) is 8. The van der Waals surface area contributed by atoms with Crippen molar-refractivity contribution in [1.82, 2.24) is 25.6 Å². The highest BCUT2D eigenvalue weighted by molar-refractivity contribution is 5.86. The van der Waals surface area contributed by atoms with E-state index in [0.717, 1.165) is 11.4 Å². The molecule has 0 saturated heterocycles. The summed E-state index contributed by atoms with van der Waals surface area (Å²) in [7, 11) is 0. The maximum Gasteiger partial charge on any atom is 0.307 e. The predicted octanol–water partition coefficient (Wildman–Crippen LogP) is 0.490. The molecule has 0 spiro atoms. The van der Waals surface area contributed by atoms with E-state index in [9.17, 15) is 9.59 Å². The van der Waals surface area contributed by atoms with Crippen LogP contribution in [-0.4, -0.2) is 44.6 Å². The van der Waals surface area contributed by atoms with E-state index in [-0.39, 0.29) is 18.8 Å². The third kappa shape index (κ3) is 4.85. The molecule has 0 aliphatic rings. The molecule has 0 amide bonds. The molecule has 1 atom stereocenters. The van der Waals surface area contributed by atoms with Gasteiger partial charge in [-0.15, -0.1) is 15.0 Å². The van der Waals surface area contributed by atoms with Gasteiger partial charge in [0.05, 0.1) is 24.8 Å². The van der Waals surface area contributed by atoms with Gasteiger partial charge in [-0.2, -0.15) is 0 Å². The second kappa shape index (κ2) is 7.99. The highest BCUT2D eigenvalue weighted by Crippen LogP contribution is 2.11. The largest absolute Gasteiger partial charge is 0.466 e. The standard InChI is InChI=1S/C14H18N6O3/c1-3-23-14(22)8-13(10(2)21)18-17-11-4-6-12(7-5-11)20-16-9-15-19-20/h4-7,9,13,17-18H,3,8H2,1-2H3. The van der Waals surface area contributed by atoms with E-state index in [0.29, 0.717) is 0 Å². The van der Waals surface area contributed by atoms with Crippen molar-refractivity contribution in [1.29, 1.82) is 0 Å². The van der Waals surface area contributed by atoms with E-state index >= 15 is 0 Å². The molecule has 0 fully saturated rings. The number of ether oxygens (including phenoxy) is 1. The van der Waals surface area contributed by atoms with E-state index in [2.05, 4.69) is 26.3 Å². The average Bonchev–Trinajstić information content (AvgIpc) is 3.06. The number of esters is 1. The van der Waals surface area contributed by atoms with Crippen molar-refractivity contribution in [2.45, 2.75) is 26.3 Å². The summed E-state index contributed by atoms with van der Waals surface area (Å²) in [6.45, 7) is 3.42. The Kier molecular flexibility index (Phi) is 5.75. The van der Waals surface area contributed by atoms with Gasteiger partial charge in [-0.05, 0) is 43.3 Å². The molecule has 1 unspecified atom stereocenters. The molecule has 1 heterocycles. The van der Waals surface area contributed by atoms with Crippen molar-refractivity contribution >= 4 is 17.4 Å². The van der Waals surface area contributed by atoms with E-state index in [1.165, 1.54) is 18.0 Å². The topological polar surface area (TPSA) is 111 Å². The van der Waals surface area contributed by atoms with Crippen LogP contribution in [0.25, 0.3) is 5.69 Å². The summed E-state index contributed by atoms with van der Waals surface area (Å²) >= 11 is 0. The highest BCUT2D eigenvalue weighted by Gasteiger charge is 2.18. The lowest BCUT2D eigenvalue weighted by molar-refractivity contribution is -0.145. The SMILES string of the molecule is CCOC(=O)CC(NNc1ccc(-n2ncnn2)cc1)C(C)=O. The van der Waals surface area contributed by atoms with Gasteiger partial charge in [-0.3, -0.25) is 9.59 Å². The van der Waals surface area contributed by atoms with Crippen molar-refractivity contribution in [2.24, 2.45) is 0 Å². The van der Waals surface area contributed by atoms with Crippen molar-refractivity contribution in [3.05, 3.63) is 30.6 Å². The summed E-state index contributed by atoms with van der Waals surface area (Å²) in [5.74, 6) is -0.580. The summed E-state index contributed by atoms with van der Waals surface area (Å²) in [5, 5.41) is 11.3. The van der Waals surface area contributed by atoms with Crippen molar-refractivity contribution < 1.29 is 14.3 Å². The van der Waals surface area contributed by atoms with Crippen LogP contribution in [0.15, 0.2) is 30.6 Å². The van der Waals surface area contributed by atoms with E-state index in [1.807, 2.05) is 0 Å². The molecular formula is C14H18N6O3. The summed E-state index contributed by atoms with van der Waals surface area (Å²) in [6, 6.07) is 6.49. The van der Waals surface area contributed by atoms with Crippen LogP contribution >= 0.6 is 0 Å². The van der Waals surface area contributed by atoms with Gasteiger partial charge in [-0.25, -0.2) is 5.43 Å². The minimum Gasteiger partial charge on any atom is -0.466 e. The lowest BCUT2D eigenvalue weighted by Crippen LogP contribution is -2.41. The van der Waals surface area contributed by atoms with Crippen LogP contribution in [0.3, 0.4) is 0 Å². The van der Waals surface area contributed by atoms with Crippen molar-refractivity contribution in [2.75, 3.05) is 12.0 Å². The Morgan fingerprint density at radius 1 is 1.30 bits per heavy atom. The third-order valence-electron chi connectivity index (χ3n) is 3.00. The zero-order valence-corrected chi connectivity index (χ0v) is 12.9. The van der Waals surface area contributed by atoms with E-state index in [4.69, 9.17) is 4.74 Å². The lowest BCUT2D eigenvalue weighted by Gasteiger charge is -2.16. The molecular weight excluding hydrogens is 300 g/mol. The molecule has 0 aliphatic carbocycles. The number of aromatic nitrogens is 4. The first-order valence-electron chi connectivity index (χ1n) is 7.11. The summed E-state index contributed by atoms with van der Waals surface area (Å²) in [4.78, 5) is 24.4. The Bertz CT molecular complexity index is 641. The molecule has 122 valence electrons. The van der Waals surface area contributed by atoms with Gasteiger partial charge in [0.1, 0.15) is 5.78 Å². The molecule has 0 aliphatic heterocycles. The number of nitrogens with one attached hydrogen (secondary N) is 2. The molecule has 0 radical (unpaired) electrons. The Morgan fingerprint density at radius 3 is 2.61 bits per heavy atom. The second-order valence-corrected chi connectivity index (χ2v) is 4.71. The fourth-order valence-electron chi connectivity index (χ4n) is 1.82. The number of carbonyl (C=O) groups excluding carboxylic acids is 2. The minimum absolute atomic E-state index is 0.0306. The van der Waals surface area contributed by atoms with Crippen LogP contribution in [0.1, 0.15) is 20.3 Å². The summed E-state index contributed by atoms with van der Waals surface area (Å²) in [6.07, 6.45) is 1.32. The molecule has 0 saturated carbocycles. The van der Waals surface area contributed by atoms with Crippen LogP contribution < -0.4 is 10.9 Å². The van der Waals surface area contributed by atoms with Crippen LogP contribution in [0, 0.1) is 0 Å². The third-order valence-corrected chi connectivity index (χ3v) is 3.00. The van der Waals surface area contributed by atoms with Gasteiger partial charge in [0.25, 0.3) is 0 Å². The number of rotatable bonds is 8. The number of hydrazine groups is 1. The fourth-order valence-corrected chi connectivity index (χ4v) is 1.82. The maximum absolute atomic E-state index is 11.6. The molecule has 1 aromatic carbocycles. The van der Waals surface area contributed by atoms with Gasteiger partial charge in [0, 0.05) is 5.69 Å². The van der Waals surface area contributed by atoms with E-state index in [1.54, 1.807) is 31.2 Å². The van der Waals surface area contributed by atoms with Gasteiger partial charge in [0.15, 0.2) is 6.33 Å². The Labute approximate surface area is 133 Å². The van der Waals surface area contributed by atoms with E-state index < -0.39 is 12.0 Å². The quantitative estimate of drug-likeness (QED) is 0.534. The smallest absolute Gasteiger partial charge is 0.307 e. The molecule has 2 aromatic rings. The molecule has 1 aromatic heterocycles. The fraction of sp³-hybridized carbons (Fsp3) is 0.357. The number of ketones is 1. The number of tetrazole rings is 1. The zero-order chi connectivity index (χ0) is 16.7. The first-order valence-corrected chi connectivity index (χ1v) is 7.11. The molecule has 23 heavy (non-hydrogen) atoms. The number of nitrogens with zero attached hydrogens (tertiary/aromatic N) is 4. The van der Waals surface area contributed by atoms with Crippen LogP contribution in [0.2, 0.25) is 0 Å². The highest BCUT2D eigenvalue weighted by atomic mass is 16.5. The molecule has 2 N–H and O–H groups in total. The summed E-state index contributed by atoms with van der Waals surface area (Å²) < 4.78 is 4.85. The number of carbonyl (C=O) groups is 2. The second-order valence-electron chi connectivity index (χ2n) is 4.71. The first-order chi connectivity index (χ1) is 11.1. The number of anilines is 1. The predicted molar refractivity (Wildman–Crippen MR) is 81.6 cm³/mol. The molecule has 9 heteroatoms. The monoisotopic (exact) mass is 318 g/mol. The Balaban J connectivity index is 1.92. The molecule has 2 rings (SSSR count). The first kappa shape index (κ1) is 16.6. The zero-order valence-electron chi connectivity index (χ0n) is 12.9. The van der Waals surface area contributed by atoms with Gasteiger partial charge >= 0.3 is 5.97 Å². The lowest BCUT2D eigenvalue weighted by atomic mass is 10.1. The van der Waals surface area contributed by atoms with Gasteiger partial charge in [-0.1, -0.05) is 0 Å². The van der Waals surface area contributed by atoms with Gasteiger partial charge < -0.3 is 10.2 Å². The summed E-state index contributed by atoms with van der Waals surface area (Å²) in [5.41, 5.74) is 7.21. The average molecular weight is 318 g/mol. The number of Topliss-reactive ketones (excluding diaryl/α,β-unsaturated/α-hetero) is 1. The number of hydrogen-bond donors (Lipinski definition) is 2. The van der Waals surface area contributed by atoms with Crippen molar-refractivity contribution in [3.8, 4) is 5.69 Å². The van der Waals surface area contributed by atoms with Gasteiger partial charge in [0.2, 0.25) is 0 Å². The van der Waals surface area contributed by atoms with Crippen LogP contribution in [0.5, 0.6) is 0 Å².